The zero-order chi connectivity index (χ0) is 16.4. The second-order valence-electron chi connectivity index (χ2n) is 5.79. The predicted molar refractivity (Wildman–Crippen MR) is 104 cm³/mol. The molecule has 2 aromatic rings. The second kappa shape index (κ2) is 7.45. The summed E-state index contributed by atoms with van der Waals surface area (Å²) in [5.41, 5.74) is 0. The van der Waals surface area contributed by atoms with Crippen LogP contribution in [0, 0.1) is 9.49 Å². The van der Waals surface area contributed by atoms with Crippen molar-refractivity contribution in [2.24, 2.45) is 5.92 Å². The van der Waals surface area contributed by atoms with Gasteiger partial charge >= 0.3 is 0 Å². The molecular weight excluding hydrogens is 446 g/mol. The van der Waals surface area contributed by atoms with Crippen molar-refractivity contribution >= 4 is 51.6 Å². The molecule has 0 saturated carbocycles. The first-order chi connectivity index (χ1) is 11.0. The van der Waals surface area contributed by atoms with E-state index in [0.717, 1.165) is 41.2 Å². The van der Waals surface area contributed by atoms with Crippen LogP contribution in [0.2, 0.25) is 10.0 Å². The predicted octanol–water partition coefficient (Wildman–Crippen LogP) is 6.02. The number of halogens is 3. The molecule has 0 bridgehead atoms. The first-order valence-corrected chi connectivity index (χ1v) is 9.40. The van der Waals surface area contributed by atoms with Crippen molar-refractivity contribution in [3.8, 4) is 11.5 Å². The maximum atomic E-state index is 6.54. The minimum absolute atomic E-state index is 0.539. The maximum Gasteiger partial charge on any atom is 0.151 e. The van der Waals surface area contributed by atoms with Gasteiger partial charge in [-0.25, -0.2) is 4.98 Å². The van der Waals surface area contributed by atoms with Gasteiger partial charge in [-0.05, 0) is 59.5 Å². The molecule has 0 atom stereocenters. The van der Waals surface area contributed by atoms with Gasteiger partial charge in [0, 0.05) is 28.9 Å². The SMILES string of the molecule is CC1CCN(c2nccc(Oc3ccc(I)cc3Cl)c2Cl)CC1. The third kappa shape index (κ3) is 4.03. The third-order valence-corrected chi connectivity index (χ3v) is 5.35. The molecular formula is C17H17Cl2IN2O. The van der Waals surface area contributed by atoms with Crippen LogP contribution in [-0.2, 0) is 0 Å². The highest BCUT2D eigenvalue weighted by Crippen LogP contribution is 2.38. The largest absolute Gasteiger partial charge is 0.454 e. The third-order valence-electron chi connectivity index (χ3n) is 4.03. The summed E-state index contributed by atoms with van der Waals surface area (Å²) in [4.78, 5) is 6.67. The van der Waals surface area contributed by atoms with E-state index in [-0.39, 0.29) is 0 Å². The normalized spacial score (nSPS) is 15.7. The summed E-state index contributed by atoms with van der Waals surface area (Å²) in [6.07, 6.45) is 4.05. The van der Waals surface area contributed by atoms with Crippen LogP contribution in [0.25, 0.3) is 0 Å². The second-order valence-corrected chi connectivity index (χ2v) is 7.82. The van der Waals surface area contributed by atoms with Gasteiger partial charge in [-0.3, -0.25) is 0 Å². The van der Waals surface area contributed by atoms with E-state index in [1.54, 1.807) is 12.3 Å². The minimum atomic E-state index is 0.539. The number of pyridine rings is 1. The summed E-state index contributed by atoms with van der Waals surface area (Å²) in [6.45, 7) is 4.23. The summed E-state index contributed by atoms with van der Waals surface area (Å²) in [6, 6.07) is 7.43. The molecule has 2 heterocycles. The van der Waals surface area contributed by atoms with Gasteiger partial charge in [0.1, 0.15) is 10.8 Å². The van der Waals surface area contributed by atoms with E-state index in [0.29, 0.717) is 21.5 Å². The van der Waals surface area contributed by atoms with Crippen molar-refractivity contribution in [3.63, 3.8) is 0 Å². The Hall–Kier alpha value is -0.720. The van der Waals surface area contributed by atoms with Gasteiger partial charge in [0.2, 0.25) is 0 Å². The van der Waals surface area contributed by atoms with E-state index in [9.17, 15) is 0 Å². The van der Waals surface area contributed by atoms with E-state index in [1.165, 1.54) is 0 Å². The standard InChI is InChI=1S/C17H17Cl2IN2O/c1-11-5-8-22(9-6-11)17-16(19)15(4-7-21-17)23-14-3-2-12(20)10-13(14)18/h2-4,7,10-11H,5-6,8-9H2,1H3. The molecule has 1 aliphatic heterocycles. The van der Waals surface area contributed by atoms with Gasteiger partial charge in [0.15, 0.2) is 11.6 Å². The highest BCUT2D eigenvalue weighted by Gasteiger charge is 2.21. The number of rotatable bonds is 3. The van der Waals surface area contributed by atoms with Crippen molar-refractivity contribution in [1.82, 2.24) is 4.98 Å². The highest BCUT2D eigenvalue weighted by molar-refractivity contribution is 14.1. The molecule has 0 spiro atoms. The van der Waals surface area contributed by atoms with Crippen LogP contribution in [0.4, 0.5) is 5.82 Å². The van der Waals surface area contributed by atoms with Crippen molar-refractivity contribution in [3.05, 3.63) is 44.1 Å². The zero-order valence-electron chi connectivity index (χ0n) is 12.7. The summed E-state index contributed by atoms with van der Waals surface area (Å²) in [5, 5.41) is 1.11. The monoisotopic (exact) mass is 462 g/mol. The molecule has 3 nitrogen and oxygen atoms in total. The Balaban J connectivity index is 1.85. The summed E-state index contributed by atoms with van der Waals surface area (Å²) < 4.78 is 6.97. The lowest BCUT2D eigenvalue weighted by Gasteiger charge is -2.31. The molecule has 1 aliphatic rings. The molecule has 0 N–H and O–H groups in total. The minimum Gasteiger partial charge on any atom is -0.454 e. The Bertz CT molecular complexity index is 703. The fraction of sp³-hybridized carbons (Fsp3) is 0.353. The molecule has 0 unspecified atom stereocenters. The van der Waals surface area contributed by atoms with Crippen LogP contribution < -0.4 is 9.64 Å². The molecule has 1 aromatic carbocycles. The number of hydrogen-bond acceptors (Lipinski definition) is 3. The van der Waals surface area contributed by atoms with Crippen molar-refractivity contribution in [2.45, 2.75) is 19.8 Å². The van der Waals surface area contributed by atoms with Crippen molar-refractivity contribution in [1.29, 1.82) is 0 Å². The Labute approximate surface area is 160 Å². The van der Waals surface area contributed by atoms with Crippen LogP contribution in [-0.4, -0.2) is 18.1 Å². The Morgan fingerprint density at radius 2 is 1.91 bits per heavy atom. The smallest absolute Gasteiger partial charge is 0.151 e. The van der Waals surface area contributed by atoms with Crippen molar-refractivity contribution < 1.29 is 4.74 Å². The Kier molecular flexibility index (Phi) is 5.54. The molecule has 1 saturated heterocycles. The molecule has 0 aliphatic carbocycles. The van der Waals surface area contributed by atoms with E-state index in [2.05, 4.69) is 39.4 Å². The Morgan fingerprint density at radius 3 is 2.61 bits per heavy atom. The molecule has 122 valence electrons. The molecule has 6 heteroatoms. The van der Waals surface area contributed by atoms with Gasteiger partial charge in [0.25, 0.3) is 0 Å². The first-order valence-electron chi connectivity index (χ1n) is 7.57. The van der Waals surface area contributed by atoms with Gasteiger partial charge in [0.05, 0.1) is 5.02 Å². The molecule has 0 amide bonds. The molecule has 1 fully saturated rings. The highest BCUT2D eigenvalue weighted by atomic mass is 127. The molecule has 1 aromatic heterocycles. The topological polar surface area (TPSA) is 25.4 Å². The van der Waals surface area contributed by atoms with E-state index < -0.39 is 0 Å². The quantitative estimate of drug-likeness (QED) is 0.521. The zero-order valence-corrected chi connectivity index (χ0v) is 16.4. The molecule has 0 radical (unpaired) electrons. The number of hydrogen-bond donors (Lipinski definition) is 0. The van der Waals surface area contributed by atoms with E-state index >= 15 is 0 Å². The molecule has 23 heavy (non-hydrogen) atoms. The average molecular weight is 463 g/mol. The number of anilines is 1. The summed E-state index contributed by atoms with van der Waals surface area (Å²) >= 11 is 15.0. The maximum absolute atomic E-state index is 6.54. The van der Waals surface area contributed by atoms with Gasteiger partial charge < -0.3 is 9.64 Å². The number of piperidine rings is 1. The van der Waals surface area contributed by atoms with Crippen LogP contribution in [0.5, 0.6) is 11.5 Å². The van der Waals surface area contributed by atoms with Crippen LogP contribution >= 0.6 is 45.8 Å². The molecule has 3 rings (SSSR count). The fourth-order valence-corrected chi connectivity index (χ4v) is 3.78. The lowest BCUT2D eigenvalue weighted by atomic mass is 9.99. The van der Waals surface area contributed by atoms with Crippen LogP contribution in [0.15, 0.2) is 30.5 Å². The van der Waals surface area contributed by atoms with Crippen LogP contribution in [0.3, 0.4) is 0 Å². The summed E-state index contributed by atoms with van der Waals surface area (Å²) in [7, 11) is 0. The van der Waals surface area contributed by atoms with Crippen molar-refractivity contribution in [2.75, 3.05) is 18.0 Å². The number of nitrogens with zero attached hydrogens (tertiary/aromatic N) is 2. The van der Waals surface area contributed by atoms with E-state index in [4.69, 9.17) is 27.9 Å². The first kappa shape index (κ1) is 17.1. The number of benzene rings is 1. The van der Waals surface area contributed by atoms with E-state index in [1.807, 2.05) is 18.2 Å². The Morgan fingerprint density at radius 1 is 1.17 bits per heavy atom. The van der Waals surface area contributed by atoms with Gasteiger partial charge in [-0.1, -0.05) is 30.1 Å². The van der Waals surface area contributed by atoms with Crippen LogP contribution in [0.1, 0.15) is 19.8 Å². The summed E-state index contributed by atoms with van der Waals surface area (Å²) in [5.74, 6) is 2.73. The number of aromatic nitrogens is 1. The van der Waals surface area contributed by atoms with Gasteiger partial charge in [-0.2, -0.15) is 0 Å². The lowest BCUT2D eigenvalue weighted by Crippen LogP contribution is -2.33. The van der Waals surface area contributed by atoms with Gasteiger partial charge in [-0.15, -0.1) is 0 Å². The average Bonchev–Trinajstić information content (AvgIpc) is 2.53. The fourth-order valence-electron chi connectivity index (χ4n) is 2.61. The lowest BCUT2D eigenvalue weighted by molar-refractivity contribution is 0.435. The number of ether oxygens (including phenoxy) is 1.